The maximum absolute atomic E-state index is 5.68. The van der Waals surface area contributed by atoms with Crippen LogP contribution < -0.4 is 0 Å². The third-order valence-electron chi connectivity index (χ3n) is 2.37. The van der Waals surface area contributed by atoms with Crippen LogP contribution in [0.1, 0.15) is 28.7 Å². The molecule has 0 aromatic carbocycles. The molecule has 0 spiro atoms. The first-order chi connectivity index (χ1) is 5.79. The van der Waals surface area contributed by atoms with Gasteiger partial charge < -0.3 is 4.74 Å². The van der Waals surface area contributed by atoms with Crippen molar-refractivity contribution in [1.82, 2.24) is 0 Å². The fourth-order valence-corrected chi connectivity index (χ4v) is 2.66. The zero-order valence-electron chi connectivity index (χ0n) is 7.59. The summed E-state index contributed by atoms with van der Waals surface area (Å²) in [4.78, 5) is 2.86. The first-order valence-corrected chi connectivity index (χ1v) is 5.31. The summed E-state index contributed by atoms with van der Waals surface area (Å²) < 4.78 is 5.68. The van der Waals surface area contributed by atoms with Gasteiger partial charge in [0.25, 0.3) is 0 Å². The molecule has 0 bridgehead atoms. The first kappa shape index (κ1) is 8.27. The quantitative estimate of drug-likeness (QED) is 0.649. The number of rotatable bonds is 1. The molecule has 2 heteroatoms. The van der Waals surface area contributed by atoms with Crippen molar-refractivity contribution in [1.29, 1.82) is 0 Å². The Morgan fingerprint density at radius 1 is 1.67 bits per heavy atom. The Bertz CT molecular complexity index is 277. The molecule has 1 aliphatic rings. The van der Waals surface area contributed by atoms with Crippen LogP contribution in [-0.2, 0) is 17.8 Å². The molecular formula is C10H14OS. The lowest BCUT2D eigenvalue weighted by Crippen LogP contribution is -2.19. The van der Waals surface area contributed by atoms with Crippen molar-refractivity contribution in [3.05, 3.63) is 21.4 Å². The van der Waals surface area contributed by atoms with E-state index in [0.29, 0.717) is 6.10 Å². The summed E-state index contributed by atoms with van der Waals surface area (Å²) in [6.07, 6.45) is 2.72. The summed E-state index contributed by atoms with van der Waals surface area (Å²) in [6, 6.07) is 2.31. The summed E-state index contributed by atoms with van der Waals surface area (Å²) in [7, 11) is 0. The van der Waals surface area contributed by atoms with E-state index in [9.17, 15) is 0 Å². The second-order valence-electron chi connectivity index (χ2n) is 3.35. The Hall–Kier alpha value is -0.340. The monoisotopic (exact) mass is 182 g/mol. The topological polar surface area (TPSA) is 9.23 Å². The van der Waals surface area contributed by atoms with Crippen LogP contribution >= 0.6 is 11.3 Å². The van der Waals surface area contributed by atoms with Crippen LogP contribution in [0.2, 0.25) is 0 Å². The number of fused-ring (bicyclic) bond motifs is 1. The Balaban J connectivity index is 2.22. The van der Waals surface area contributed by atoms with Crippen molar-refractivity contribution >= 4 is 11.3 Å². The van der Waals surface area contributed by atoms with Crippen LogP contribution in [0.15, 0.2) is 6.07 Å². The van der Waals surface area contributed by atoms with E-state index in [-0.39, 0.29) is 0 Å². The van der Waals surface area contributed by atoms with Gasteiger partial charge >= 0.3 is 0 Å². The van der Waals surface area contributed by atoms with Crippen molar-refractivity contribution < 1.29 is 4.74 Å². The normalized spacial score (nSPS) is 22.3. The lowest BCUT2D eigenvalue weighted by molar-refractivity contribution is 0.0286. The maximum atomic E-state index is 5.68. The average Bonchev–Trinajstić information content (AvgIpc) is 2.43. The second-order valence-corrected chi connectivity index (χ2v) is 4.69. The van der Waals surface area contributed by atoms with Gasteiger partial charge in [0.05, 0.1) is 12.7 Å². The molecule has 1 atom stereocenters. The molecule has 2 rings (SSSR count). The summed E-state index contributed by atoms with van der Waals surface area (Å²) in [5.74, 6) is 0. The van der Waals surface area contributed by atoms with Gasteiger partial charge in [-0.05, 0) is 31.4 Å². The minimum absolute atomic E-state index is 0.464. The van der Waals surface area contributed by atoms with Gasteiger partial charge in [0, 0.05) is 9.75 Å². The zero-order valence-corrected chi connectivity index (χ0v) is 8.41. The number of thiophene rings is 1. The van der Waals surface area contributed by atoms with Gasteiger partial charge in [0.2, 0.25) is 0 Å². The van der Waals surface area contributed by atoms with Crippen LogP contribution in [-0.4, -0.2) is 6.10 Å². The Morgan fingerprint density at radius 3 is 3.25 bits per heavy atom. The molecule has 0 saturated heterocycles. The molecule has 1 aromatic rings. The fraction of sp³-hybridized carbons (Fsp3) is 0.600. The molecule has 0 N–H and O–H groups in total. The van der Waals surface area contributed by atoms with Crippen molar-refractivity contribution in [2.45, 2.75) is 39.4 Å². The Labute approximate surface area is 77.4 Å². The van der Waals surface area contributed by atoms with E-state index in [0.717, 1.165) is 19.4 Å². The van der Waals surface area contributed by atoms with E-state index in [1.807, 2.05) is 11.3 Å². The molecule has 1 nitrogen and oxygen atoms in total. The van der Waals surface area contributed by atoms with E-state index in [1.54, 1.807) is 0 Å². The molecular weight excluding hydrogens is 168 g/mol. The molecule has 0 radical (unpaired) electrons. The largest absolute Gasteiger partial charge is 0.372 e. The molecule has 1 unspecified atom stereocenters. The van der Waals surface area contributed by atoms with E-state index in [4.69, 9.17) is 4.74 Å². The number of ether oxygens (including phenoxy) is 1. The number of hydrogen-bond acceptors (Lipinski definition) is 2. The molecule has 0 fully saturated rings. The Kier molecular flexibility index (Phi) is 2.20. The van der Waals surface area contributed by atoms with E-state index >= 15 is 0 Å². The molecule has 0 amide bonds. The van der Waals surface area contributed by atoms with E-state index < -0.39 is 0 Å². The predicted octanol–water partition coefficient (Wildman–Crippen LogP) is 2.91. The molecule has 0 aliphatic carbocycles. The van der Waals surface area contributed by atoms with Gasteiger partial charge in [-0.25, -0.2) is 0 Å². The van der Waals surface area contributed by atoms with Crippen molar-refractivity contribution in [3.8, 4) is 0 Å². The summed E-state index contributed by atoms with van der Waals surface area (Å²) in [6.45, 7) is 5.20. The first-order valence-electron chi connectivity index (χ1n) is 4.49. The van der Waals surface area contributed by atoms with Crippen LogP contribution in [0.25, 0.3) is 0 Å². The molecule has 0 saturated carbocycles. The zero-order chi connectivity index (χ0) is 8.55. The van der Waals surface area contributed by atoms with Gasteiger partial charge in [-0.2, -0.15) is 0 Å². The summed E-state index contributed by atoms with van der Waals surface area (Å²) >= 11 is 1.88. The Morgan fingerprint density at radius 2 is 2.50 bits per heavy atom. The van der Waals surface area contributed by atoms with Gasteiger partial charge in [0.1, 0.15) is 0 Å². The lowest BCUT2D eigenvalue weighted by Gasteiger charge is -2.21. The third-order valence-corrected chi connectivity index (χ3v) is 3.44. The highest BCUT2D eigenvalue weighted by Gasteiger charge is 2.19. The van der Waals surface area contributed by atoms with Crippen LogP contribution in [0, 0.1) is 6.92 Å². The van der Waals surface area contributed by atoms with Gasteiger partial charge in [-0.15, -0.1) is 11.3 Å². The summed E-state index contributed by atoms with van der Waals surface area (Å²) in [5.41, 5.74) is 1.52. The third kappa shape index (κ3) is 1.41. The highest BCUT2D eigenvalue weighted by Crippen LogP contribution is 2.29. The molecule has 12 heavy (non-hydrogen) atoms. The molecule has 66 valence electrons. The SMILES string of the molecule is CCC1Cc2cc(C)sc2CO1. The van der Waals surface area contributed by atoms with Crippen molar-refractivity contribution in [2.75, 3.05) is 0 Å². The lowest BCUT2D eigenvalue weighted by atomic mass is 10.0. The minimum atomic E-state index is 0.464. The fourth-order valence-electron chi connectivity index (χ4n) is 1.67. The molecule has 1 aliphatic heterocycles. The van der Waals surface area contributed by atoms with Gasteiger partial charge in [-0.1, -0.05) is 6.92 Å². The van der Waals surface area contributed by atoms with Crippen molar-refractivity contribution in [3.63, 3.8) is 0 Å². The minimum Gasteiger partial charge on any atom is -0.372 e. The van der Waals surface area contributed by atoms with E-state index in [1.165, 1.54) is 15.3 Å². The van der Waals surface area contributed by atoms with Gasteiger partial charge in [0.15, 0.2) is 0 Å². The maximum Gasteiger partial charge on any atom is 0.0816 e. The van der Waals surface area contributed by atoms with Crippen LogP contribution in [0.4, 0.5) is 0 Å². The number of hydrogen-bond donors (Lipinski definition) is 0. The highest BCUT2D eigenvalue weighted by molar-refractivity contribution is 7.12. The smallest absolute Gasteiger partial charge is 0.0816 e. The van der Waals surface area contributed by atoms with Crippen LogP contribution in [0.5, 0.6) is 0 Å². The van der Waals surface area contributed by atoms with Crippen LogP contribution in [0.3, 0.4) is 0 Å². The number of aryl methyl sites for hydroxylation is 1. The predicted molar refractivity (Wildman–Crippen MR) is 51.6 cm³/mol. The second kappa shape index (κ2) is 3.19. The highest BCUT2D eigenvalue weighted by atomic mass is 32.1. The standard InChI is InChI=1S/C10H14OS/c1-3-9-5-8-4-7(2)12-10(8)6-11-9/h4,9H,3,5-6H2,1-2H3. The molecule has 2 heterocycles. The molecule has 1 aromatic heterocycles. The van der Waals surface area contributed by atoms with Crippen molar-refractivity contribution in [2.24, 2.45) is 0 Å². The summed E-state index contributed by atoms with van der Waals surface area (Å²) in [5, 5.41) is 0. The van der Waals surface area contributed by atoms with Gasteiger partial charge in [-0.3, -0.25) is 0 Å². The van der Waals surface area contributed by atoms with E-state index in [2.05, 4.69) is 19.9 Å². The average molecular weight is 182 g/mol.